The van der Waals surface area contributed by atoms with Gasteiger partial charge in [-0.2, -0.15) is 0 Å². The first-order valence-electron chi connectivity index (χ1n) is 13.1. The van der Waals surface area contributed by atoms with Crippen molar-refractivity contribution < 1.29 is 37.6 Å². The molecule has 0 saturated heterocycles. The minimum absolute atomic E-state index is 0.231. The van der Waals surface area contributed by atoms with E-state index in [4.69, 9.17) is 18.5 Å². The van der Waals surface area contributed by atoms with Crippen molar-refractivity contribution >= 4 is 19.8 Å². The minimum atomic E-state index is -3.95. The Kier molecular flexibility index (Phi) is 23.2. The van der Waals surface area contributed by atoms with Gasteiger partial charge in [0.25, 0.3) is 0 Å². The summed E-state index contributed by atoms with van der Waals surface area (Å²) in [6.07, 6.45) is 18.4. The number of hydrogen-bond acceptors (Lipinski definition) is 7. The van der Waals surface area contributed by atoms with Crippen molar-refractivity contribution in [2.75, 3.05) is 26.4 Å². The van der Waals surface area contributed by atoms with Gasteiger partial charge in [0.05, 0.1) is 26.4 Å². The molecule has 0 amide bonds. The molecule has 0 aliphatic heterocycles. The van der Waals surface area contributed by atoms with Gasteiger partial charge in [0.1, 0.15) is 0 Å². The first-order chi connectivity index (χ1) is 16.9. The van der Waals surface area contributed by atoms with Crippen molar-refractivity contribution in [2.45, 2.75) is 103 Å². The van der Waals surface area contributed by atoms with Crippen LogP contribution >= 0.6 is 7.82 Å². The van der Waals surface area contributed by atoms with Crippen molar-refractivity contribution in [1.82, 2.24) is 0 Å². The lowest BCUT2D eigenvalue weighted by Gasteiger charge is -2.12. The second-order valence-electron chi connectivity index (χ2n) is 8.54. The van der Waals surface area contributed by atoms with E-state index in [0.29, 0.717) is 13.2 Å². The van der Waals surface area contributed by atoms with Crippen LogP contribution in [-0.2, 0) is 32.7 Å². The molecule has 0 rings (SSSR count). The number of ether oxygens (including phenoxy) is 2. The van der Waals surface area contributed by atoms with Crippen molar-refractivity contribution in [3.8, 4) is 0 Å². The first-order valence-corrected chi connectivity index (χ1v) is 14.6. The third-order valence-corrected chi connectivity index (χ3v) is 6.43. The summed E-state index contributed by atoms with van der Waals surface area (Å²) in [6.45, 7) is 8.07. The first kappa shape index (κ1) is 33.5. The van der Waals surface area contributed by atoms with Gasteiger partial charge in [-0.05, 0) is 25.7 Å². The highest BCUT2D eigenvalue weighted by Gasteiger charge is 2.19. The van der Waals surface area contributed by atoms with E-state index in [0.717, 1.165) is 103 Å². The summed E-state index contributed by atoms with van der Waals surface area (Å²) in [5.74, 6) is -0.738. The Balaban J connectivity index is 3.36. The maximum Gasteiger partial charge on any atom is 0.472 e. The molecule has 0 atom stereocenters. The molecule has 1 N–H and O–H groups in total. The molecule has 0 saturated carbocycles. The van der Waals surface area contributed by atoms with Gasteiger partial charge in [-0.25, -0.2) is 14.2 Å². The summed E-state index contributed by atoms with van der Waals surface area (Å²) < 4.78 is 31.8. The Hall–Kier alpha value is -1.47. The molecular formula is C26H47O8P. The van der Waals surface area contributed by atoms with Crippen LogP contribution in [0.4, 0.5) is 0 Å². The van der Waals surface area contributed by atoms with Gasteiger partial charge in [0.15, 0.2) is 0 Å². The summed E-state index contributed by atoms with van der Waals surface area (Å²) in [6, 6.07) is 0. The Morgan fingerprint density at radius 3 is 1.09 bits per heavy atom. The normalized spacial score (nSPS) is 11.2. The standard InChI is InChI=1S/C26H47O8P/c1-3-25(27)31-21-17-13-9-5-7-11-15-19-23-33-35(29,30)34-24-20-16-12-8-6-10-14-18-22-32-26(28)4-2/h3-4H,1-2,5-24H2,(H,29,30). The quantitative estimate of drug-likeness (QED) is 0.0575. The van der Waals surface area contributed by atoms with E-state index in [1.807, 2.05) is 0 Å². The molecule has 8 nitrogen and oxygen atoms in total. The maximum atomic E-state index is 11.9. The molecule has 204 valence electrons. The fourth-order valence-corrected chi connectivity index (χ4v) is 4.18. The molecule has 0 aliphatic rings. The molecule has 0 spiro atoms. The van der Waals surface area contributed by atoms with Gasteiger partial charge in [-0.3, -0.25) is 9.05 Å². The van der Waals surface area contributed by atoms with Crippen LogP contribution in [-0.4, -0.2) is 43.3 Å². The van der Waals surface area contributed by atoms with Gasteiger partial charge in [0, 0.05) is 12.2 Å². The van der Waals surface area contributed by atoms with Crippen LogP contribution in [0, 0.1) is 0 Å². The van der Waals surface area contributed by atoms with Crippen LogP contribution in [0.3, 0.4) is 0 Å². The van der Waals surface area contributed by atoms with Crippen molar-refractivity contribution in [3.63, 3.8) is 0 Å². The fraction of sp³-hybridized carbons (Fsp3) is 0.769. The van der Waals surface area contributed by atoms with Crippen LogP contribution in [0.25, 0.3) is 0 Å². The molecule has 9 heteroatoms. The minimum Gasteiger partial charge on any atom is -0.463 e. The summed E-state index contributed by atoms with van der Waals surface area (Å²) in [4.78, 5) is 31.5. The highest BCUT2D eigenvalue weighted by Crippen LogP contribution is 2.43. The number of unbranched alkanes of at least 4 members (excludes halogenated alkanes) is 14. The van der Waals surface area contributed by atoms with Crippen LogP contribution in [0.2, 0.25) is 0 Å². The van der Waals surface area contributed by atoms with E-state index < -0.39 is 7.82 Å². The van der Waals surface area contributed by atoms with E-state index in [-0.39, 0.29) is 25.2 Å². The number of carbonyl (C=O) groups is 2. The molecule has 0 bridgehead atoms. The fourth-order valence-electron chi connectivity index (χ4n) is 3.39. The summed E-state index contributed by atoms with van der Waals surface area (Å²) in [5, 5.41) is 0. The Labute approximate surface area is 212 Å². The molecule has 0 aliphatic carbocycles. The van der Waals surface area contributed by atoms with Gasteiger partial charge in [-0.15, -0.1) is 0 Å². The second kappa shape index (κ2) is 24.2. The Morgan fingerprint density at radius 1 is 0.543 bits per heavy atom. The van der Waals surface area contributed by atoms with Crippen molar-refractivity contribution in [3.05, 3.63) is 25.3 Å². The van der Waals surface area contributed by atoms with E-state index in [9.17, 15) is 19.0 Å². The zero-order valence-corrected chi connectivity index (χ0v) is 22.4. The van der Waals surface area contributed by atoms with Crippen LogP contribution in [0.5, 0.6) is 0 Å². The molecule has 0 unspecified atom stereocenters. The summed E-state index contributed by atoms with van der Waals surface area (Å²) >= 11 is 0. The average molecular weight is 519 g/mol. The van der Waals surface area contributed by atoms with Crippen LogP contribution in [0.1, 0.15) is 103 Å². The molecule has 0 aromatic heterocycles. The SMILES string of the molecule is C=CC(=O)OCCCCCCCCCCOP(=O)(O)OCCCCCCCCCCOC(=O)C=C. The predicted octanol–water partition coefficient (Wildman–Crippen LogP) is 6.82. The van der Waals surface area contributed by atoms with Crippen LogP contribution in [0.15, 0.2) is 25.3 Å². The number of carbonyl (C=O) groups excluding carboxylic acids is 2. The number of esters is 2. The van der Waals surface area contributed by atoms with Gasteiger partial charge < -0.3 is 14.4 Å². The number of phosphoric acid groups is 1. The molecule has 0 fully saturated rings. The maximum absolute atomic E-state index is 11.9. The van der Waals surface area contributed by atoms with Crippen molar-refractivity contribution in [1.29, 1.82) is 0 Å². The van der Waals surface area contributed by atoms with E-state index in [1.165, 1.54) is 12.2 Å². The third kappa shape index (κ3) is 25.4. The Bertz CT molecular complexity index is 560. The number of hydrogen-bond donors (Lipinski definition) is 1. The zero-order valence-electron chi connectivity index (χ0n) is 21.5. The van der Waals surface area contributed by atoms with Crippen molar-refractivity contribution in [2.24, 2.45) is 0 Å². The lowest BCUT2D eigenvalue weighted by atomic mass is 10.1. The van der Waals surface area contributed by atoms with E-state index in [1.54, 1.807) is 0 Å². The predicted molar refractivity (Wildman–Crippen MR) is 138 cm³/mol. The molecule has 35 heavy (non-hydrogen) atoms. The van der Waals surface area contributed by atoms with Gasteiger partial charge in [0.2, 0.25) is 0 Å². The van der Waals surface area contributed by atoms with E-state index in [2.05, 4.69) is 13.2 Å². The van der Waals surface area contributed by atoms with E-state index >= 15 is 0 Å². The molecule has 0 aromatic rings. The lowest BCUT2D eigenvalue weighted by molar-refractivity contribution is -0.138. The smallest absolute Gasteiger partial charge is 0.463 e. The molecule has 0 heterocycles. The summed E-state index contributed by atoms with van der Waals surface area (Å²) in [5.41, 5.74) is 0. The highest BCUT2D eigenvalue weighted by atomic mass is 31.2. The summed E-state index contributed by atoms with van der Waals surface area (Å²) in [7, 11) is -3.95. The zero-order chi connectivity index (χ0) is 26.0. The molecule has 0 aromatic carbocycles. The largest absolute Gasteiger partial charge is 0.472 e. The monoisotopic (exact) mass is 518 g/mol. The van der Waals surface area contributed by atoms with Gasteiger partial charge >= 0.3 is 19.8 Å². The van der Waals surface area contributed by atoms with Gasteiger partial charge in [-0.1, -0.05) is 90.2 Å². The molecule has 0 radical (unpaired) electrons. The third-order valence-electron chi connectivity index (χ3n) is 5.41. The van der Waals surface area contributed by atoms with Crippen LogP contribution < -0.4 is 0 Å². The topological polar surface area (TPSA) is 108 Å². The number of rotatable bonds is 26. The lowest BCUT2D eigenvalue weighted by Crippen LogP contribution is -2.01. The number of phosphoric ester groups is 1. The second-order valence-corrected chi connectivity index (χ2v) is 9.99. The molecular weight excluding hydrogens is 471 g/mol. The average Bonchev–Trinajstić information content (AvgIpc) is 2.84. The highest BCUT2D eigenvalue weighted by molar-refractivity contribution is 7.47. The Morgan fingerprint density at radius 2 is 0.800 bits per heavy atom.